The maximum Gasteiger partial charge on any atom is 0.329 e. The Kier molecular flexibility index (Phi) is 4.33. The van der Waals surface area contributed by atoms with Crippen LogP contribution in [-0.2, 0) is 9.59 Å². The van der Waals surface area contributed by atoms with Crippen LogP contribution in [0.4, 0.5) is 5.69 Å². The zero-order chi connectivity index (χ0) is 16.6. The second kappa shape index (κ2) is 6.26. The predicted molar refractivity (Wildman–Crippen MR) is 92.3 cm³/mol. The molecule has 9 heteroatoms. The number of nitrogens with one attached hydrogen (secondary N) is 1. The van der Waals surface area contributed by atoms with Crippen LogP contribution < -0.4 is 11.1 Å². The molecule has 0 fully saturated rings. The van der Waals surface area contributed by atoms with E-state index in [-0.39, 0.29) is 5.91 Å². The first-order chi connectivity index (χ1) is 10.9. The summed E-state index contributed by atoms with van der Waals surface area (Å²) in [7, 11) is 0. The van der Waals surface area contributed by atoms with Gasteiger partial charge in [-0.1, -0.05) is 0 Å². The summed E-state index contributed by atoms with van der Waals surface area (Å²) in [6, 6.07) is 4.10. The number of benzene rings is 1. The Hall–Kier alpha value is -1.97. The SMILES string of the molecule is C[C@H](N)C(=O)Nc1ccc2nc(C3=N[C@@H](C(=O)O)CS3)sc2c1. The van der Waals surface area contributed by atoms with E-state index in [9.17, 15) is 9.59 Å². The van der Waals surface area contributed by atoms with Crippen LogP contribution in [-0.4, -0.2) is 44.8 Å². The highest BCUT2D eigenvalue weighted by Crippen LogP contribution is 2.31. The molecule has 4 N–H and O–H groups in total. The fourth-order valence-electron chi connectivity index (χ4n) is 1.97. The highest BCUT2D eigenvalue weighted by Gasteiger charge is 2.26. The number of amides is 1. The monoisotopic (exact) mass is 350 g/mol. The van der Waals surface area contributed by atoms with Crippen LogP contribution in [0.3, 0.4) is 0 Å². The lowest BCUT2D eigenvalue weighted by Gasteiger charge is -2.07. The van der Waals surface area contributed by atoms with Crippen molar-refractivity contribution in [2.24, 2.45) is 10.7 Å². The summed E-state index contributed by atoms with van der Waals surface area (Å²) in [4.78, 5) is 31.3. The Bertz CT molecular complexity index is 815. The minimum Gasteiger partial charge on any atom is -0.480 e. The van der Waals surface area contributed by atoms with Crippen LogP contribution in [0.25, 0.3) is 10.2 Å². The lowest BCUT2D eigenvalue weighted by molar-refractivity contribution is -0.137. The number of fused-ring (bicyclic) bond motifs is 1. The third kappa shape index (κ3) is 3.36. The number of rotatable bonds is 4. The minimum atomic E-state index is -0.922. The highest BCUT2D eigenvalue weighted by atomic mass is 32.2. The molecular weight excluding hydrogens is 336 g/mol. The Morgan fingerprint density at radius 2 is 2.26 bits per heavy atom. The molecule has 2 heterocycles. The molecule has 0 radical (unpaired) electrons. The molecule has 0 aliphatic carbocycles. The fourth-order valence-corrected chi connectivity index (χ4v) is 4.07. The smallest absolute Gasteiger partial charge is 0.329 e. The lowest BCUT2D eigenvalue weighted by atomic mass is 10.2. The van der Waals surface area contributed by atoms with Gasteiger partial charge in [-0.3, -0.25) is 9.79 Å². The number of thioether (sulfide) groups is 1. The maximum atomic E-state index is 11.6. The standard InChI is InChI=1S/C14H14N4O3S2/c1-6(15)11(19)16-7-2-3-8-10(4-7)23-13(17-8)12-18-9(5-22-12)14(20)21/h2-4,6,9H,5,15H2,1H3,(H,16,19)(H,20,21)/t6-,9+/m0/s1. The quantitative estimate of drug-likeness (QED) is 0.770. The van der Waals surface area contributed by atoms with Crippen LogP contribution >= 0.6 is 23.1 Å². The number of aliphatic imine (C=N–C) groups is 1. The molecule has 0 spiro atoms. The summed E-state index contributed by atoms with van der Waals surface area (Å²) in [5.74, 6) is -0.750. The number of aromatic nitrogens is 1. The molecule has 1 aromatic carbocycles. The number of anilines is 1. The summed E-state index contributed by atoms with van der Waals surface area (Å²) < 4.78 is 0.893. The molecule has 0 bridgehead atoms. The molecule has 0 unspecified atom stereocenters. The molecule has 1 aromatic heterocycles. The van der Waals surface area contributed by atoms with Gasteiger partial charge in [0.05, 0.1) is 16.3 Å². The predicted octanol–water partition coefficient (Wildman–Crippen LogP) is 1.53. The van der Waals surface area contributed by atoms with Crippen LogP contribution in [0.5, 0.6) is 0 Å². The summed E-state index contributed by atoms with van der Waals surface area (Å²) >= 11 is 2.82. The van der Waals surface area contributed by atoms with E-state index in [1.54, 1.807) is 19.1 Å². The van der Waals surface area contributed by atoms with E-state index < -0.39 is 18.1 Å². The van der Waals surface area contributed by atoms with Crippen molar-refractivity contribution in [3.63, 3.8) is 0 Å². The molecule has 1 aliphatic heterocycles. The van der Waals surface area contributed by atoms with E-state index in [1.807, 2.05) is 6.07 Å². The van der Waals surface area contributed by atoms with Crippen molar-refractivity contribution in [1.29, 1.82) is 0 Å². The van der Waals surface area contributed by atoms with Gasteiger partial charge in [0.15, 0.2) is 6.04 Å². The number of aliphatic carboxylic acids is 1. The van der Waals surface area contributed by atoms with Gasteiger partial charge in [-0.25, -0.2) is 9.78 Å². The largest absolute Gasteiger partial charge is 0.480 e. The van der Waals surface area contributed by atoms with Crippen LogP contribution in [0.2, 0.25) is 0 Å². The van der Waals surface area contributed by atoms with Crippen molar-refractivity contribution >= 4 is 55.9 Å². The average Bonchev–Trinajstić information content (AvgIpc) is 3.13. The van der Waals surface area contributed by atoms with Gasteiger partial charge in [0.1, 0.15) is 10.1 Å². The molecule has 0 saturated carbocycles. The van der Waals surface area contributed by atoms with Crippen LogP contribution in [0.15, 0.2) is 23.2 Å². The molecule has 2 aromatic rings. The third-order valence-corrected chi connectivity index (χ3v) is 5.40. The number of thiazole rings is 1. The van der Waals surface area contributed by atoms with Crippen molar-refractivity contribution in [2.45, 2.75) is 19.0 Å². The van der Waals surface area contributed by atoms with Crippen molar-refractivity contribution in [3.05, 3.63) is 23.2 Å². The Balaban J connectivity index is 1.87. The first kappa shape index (κ1) is 15.9. The molecule has 2 atom stereocenters. The number of carboxylic acids is 1. The summed E-state index contributed by atoms with van der Waals surface area (Å²) in [5, 5.41) is 13.1. The zero-order valence-corrected chi connectivity index (χ0v) is 13.8. The number of hydrogen-bond acceptors (Lipinski definition) is 7. The molecule has 7 nitrogen and oxygen atoms in total. The van der Waals surface area contributed by atoms with Gasteiger partial charge in [0.2, 0.25) is 5.91 Å². The first-order valence-corrected chi connectivity index (χ1v) is 8.65. The van der Waals surface area contributed by atoms with Gasteiger partial charge in [0.25, 0.3) is 0 Å². The van der Waals surface area contributed by atoms with Crippen LogP contribution in [0, 0.1) is 0 Å². The second-order valence-electron chi connectivity index (χ2n) is 5.08. The van der Waals surface area contributed by atoms with E-state index >= 15 is 0 Å². The number of carbonyl (C=O) groups excluding carboxylic acids is 1. The zero-order valence-electron chi connectivity index (χ0n) is 12.1. The van der Waals surface area contributed by atoms with Crippen molar-refractivity contribution in [1.82, 2.24) is 4.98 Å². The Labute approximate surface area is 140 Å². The van der Waals surface area contributed by atoms with E-state index in [2.05, 4.69) is 15.3 Å². The van der Waals surface area contributed by atoms with Gasteiger partial charge in [-0.15, -0.1) is 23.1 Å². The topological polar surface area (TPSA) is 118 Å². The highest BCUT2D eigenvalue weighted by molar-refractivity contribution is 8.15. The van der Waals surface area contributed by atoms with Crippen molar-refractivity contribution < 1.29 is 14.7 Å². The summed E-state index contributed by atoms with van der Waals surface area (Å²) in [5.41, 5.74) is 6.97. The number of carboxylic acid groups (broad SMARTS) is 1. The number of nitrogens with zero attached hydrogens (tertiary/aromatic N) is 2. The van der Waals surface area contributed by atoms with Crippen LogP contribution in [0.1, 0.15) is 11.9 Å². The van der Waals surface area contributed by atoms with Crippen molar-refractivity contribution in [2.75, 3.05) is 11.1 Å². The molecule has 1 aliphatic rings. The Morgan fingerprint density at radius 1 is 1.48 bits per heavy atom. The van der Waals surface area contributed by atoms with Gasteiger partial charge in [0, 0.05) is 11.4 Å². The number of nitrogens with two attached hydrogens (primary N) is 1. The molecular formula is C14H14N4O3S2. The number of carbonyl (C=O) groups is 2. The third-order valence-electron chi connectivity index (χ3n) is 3.19. The van der Waals surface area contributed by atoms with Gasteiger partial charge < -0.3 is 16.2 Å². The van der Waals surface area contributed by atoms with E-state index in [4.69, 9.17) is 10.8 Å². The molecule has 1 amide bonds. The van der Waals surface area contributed by atoms with Crippen molar-refractivity contribution in [3.8, 4) is 0 Å². The fraction of sp³-hybridized carbons (Fsp3) is 0.286. The molecule has 0 saturated heterocycles. The Morgan fingerprint density at radius 3 is 2.91 bits per heavy atom. The normalized spacial score (nSPS) is 18.7. The van der Waals surface area contributed by atoms with Gasteiger partial charge in [-0.05, 0) is 25.1 Å². The van der Waals surface area contributed by atoms with E-state index in [0.29, 0.717) is 21.5 Å². The van der Waals surface area contributed by atoms with E-state index in [0.717, 1.165) is 10.2 Å². The minimum absolute atomic E-state index is 0.255. The second-order valence-corrected chi connectivity index (χ2v) is 7.12. The first-order valence-electron chi connectivity index (χ1n) is 6.85. The molecule has 120 valence electrons. The summed E-state index contributed by atoms with van der Waals surface area (Å²) in [6.45, 7) is 1.62. The molecule has 23 heavy (non-hydrogen) atoms. The average molecular weight is 350 g/mol. The van der Waals surface area contributed by atoms with Gasteiger partial charge in [-0.2, -0.15) is 0 Å². The van der Waals surface area contributed by atoms with E-state index in [1.165, 1.54) is 23.1 Å². The van der Waals surface area contributed by atoms with Gasteiger partial charge >= 0.3 is 5.97 Å². The summed E-state index contributed by atoms with van der Waals surface area (Å²) in [6.07, 6.45) is 0. The molecule has 3 rings (SSSR count). The number of hydrogen-bond donors (Lipinski definition) is 3. The maximum absolute atomic E-state index is 11.6. The lowest BCUT2D eigenvalue weighted by Crippen LogP contribution is -2.32.